The second-order valence-electron chi connectivity index (χ2n) is 7.46. The number of aryl methyl sites for hydroxylation is 1. The zero-order chi connectivity index (χ0) is 23.8. The van der Waals surface area contributed by atoms with Gasteiger partial charge in [0.2, 0.25) is 11.8 Å². The number of amides is 1. The Morgan fingerprint density at radius 1 is 1.03 bits per heavy atom. The second kappa shape index (κ2) is 10.8. The molecule has 0 saturated carbocycles. The lowest BCUT2D eigenvalue weighted by Gasteiger charge is -2.32. The fourth-order valence-corrected chi connectivity index (χ4v) is 3.61. The average molecular weight is 457 g/mol. The average Bonchev–Trinajstić information content (AvgIpc) is 2.83. The van der Waals surface area contributed by atoms with Crippen molar-refractivity contribution in [3.05, 3.63) is 89.5 Å². The van der Waals surface area contributed by atoms with E-state index in [0.29, 0.717) is 31.1 Å². The first-order chi connectivity index (χ1) is 15.8. The van der Waals surface area contributed by atoms with Crippen LogP contribution in [0.4, 0.5) is 19.0 Å². The number of hydrogen-bond acceptors (Lipinski definition) is 4. The number of halogens is 3. The minimum atomic E-state index is -4.36. The molecular formula is C25H26F3N3O2. The van der Waals surface area contributed by atoms with Crippen LogP contribution in [0.1, 0.15) is 29.2 Å². The zero-order valence-electron chi connectivity index (χ0n) is 18.5. The van der Waals surface area contributed by atoms with Crippen molar-refractivity contribution in [2.75, 3.05) is 25.6 Å². The Morgan fingerprint density at radius 2 is 1.73 bits per heavy atom. The van der Waals surface area contributed by atoms with Crippen LogP contribution in [0.3, 0.4) is 0 Å². The van der Waals surface area contributed by atoms with Gasteiger partial charge in [0.1, 0.15) is 11.9 Å². The van der Waals surface area contributed by atoms with Gasteiger partial charge in [0.05, 0.1) is 12.7 Å². The number of nitrogens with zero attached hydrogens (tertiary/aromatic N) is 2. The predicted molar refractivity (Wildman–Crippen MR) is 121 cm³/mol. The first-order valence-electron chi connectivity index (χ1n) is 10.5. The van der Waals surface area contributed by atoms with E-state index in [1.54, 1.807) is 25.2 Å². The maximum atomic E-state index is 12.9. The maximum absolute atomic E-state index is 12.9. The minimum absolute atomic E-state index is 0.194. The first kappa shape index (κ1) is 24.1. The number of ether oxygens (including phenoxy) is 1. The van der Waals surface area contributed by atoms with Crippen LogP contribution in [0, 0.1) is 0 Å². The number of alkyl halides is 3. The number of rotatable bonds is 9. The third-order valence-electron chi connectivity index (χ3n) is 5.28. The summed E-state index contributed by atoms with van der Waals surface area (Å²) >= 11 is 0. The molecule has 1 atom stereocenters. The fourth-order valence-electron chi connectivity index (χ4n) is 3.61. The molecule has 0 saturated heterocycles. The largest absolute Gasteiger partial charge is 0.481 e. The van der Waals surface area contributed by atoms with Crippen molar-refractivity contribution in [2.45, 2.75) is 25.1 Å². The number of pyridine rings is 1. The van der Waals surface area contributed by atoms with Gasteiger partial charge in [-0.15, -0.1) is 0 Å². The highest BCUT2D eigenvalue weighted by atomic mass is 19.4. The molecule has 0 radical (unpaired) electrons. The highest BCUT2D eigenvalue weighted by Gasteiger charge is 2.30. The number of likely N-dealkylation sites (N-methyl/N-ethyl adjacent to an activating group) is 1. The fraction of sp³-hybridized carbons (Fsp3) is 0.280. The van der Waals surface area contributed by atoms with E-state index in [2.05, 4.69) is 10.3 Å². The van der Waals surface area contributed by atoms with E-state index in [4.69, 9.17) is 4.74 Å². The number of aromatic nitrogens is 1. The highest BCUT2D eigenvalue weighted by molar-refractivity contribution is 5.86. The Morgan fingerprint density at radius 3 is 2.33 bits per heavy atom. The number of methoxy groups -OCH3 is 1. The van der Waals surface area contributed by atoms with Crippen molar-refractivity contribution in [1.82, 2.24) is 10.3 Å². The SMILES string of the molecule is CNC(=O)C(c1ccccc1)N(CCCc1ccc(C(F)(F)F)cc1)c1cccc(OC)n1. The lowest BCUT2D eigenvalue weighted by Crippen LogP contribution is -2.40. The van der Waals surface area contributed by atoms with Crippen LogP contribution in [0.15, 0.2) is 72.8 Å². The molecule has 1 amide bonds. The van der Waals surface area contributed by atoms with E-state index in [1.165, 1.54) is 19.2 Å². The number of nitrogens with one attached hydrogen (secondary N) is 1. The van der Waals surface area contributed by atoms with Gasteiger partial charge in [0.25, 0.3) is 0 Å². The number of hydrogen-bond donors (Lipinski definition) is 1. The van der Waals surface area contributed by atoms with E-state index in [0.717, 1.165) is 23.3 Å². The van der Waals surface area contributed by atoms with Crippen molar-refractivity contribution in [3.63, 3.8) is 0 Å². The monoisotopic (exact) mass is 457 g/mol. The summed E-state index contributed by atoms with van der Waals surface area (Å²) in [5.74, 6) is 0.795. The number of carbonyl (C=O) groups excluding carboxylic acids is 1. The summed E-state index contributed by atoms with van der Waals surface area (Å²) in [4.78, 5) is 19.3. The molecule has 0 aliphatic rings. The minimum Gasteiger partial charge on any atom is -0.481 e. The molecule has 1 aromatic heterocycles. The lowest BCUT2D eigenvalue weighted by molar-refractivity contribution is -0.137. The van der Waals surface area contributed by atoms with E-state index in [-0.39, 0.29) is 5.91 Å². The molecule has 3 aromatic rings. The second-order valence-corrected chi connectivity index (χ2v) is 7.46. The van der Waals surface area contributed by atoms with E-state index in [1.807, 2.05) is 35.2 Å². The molecule has 33 heavy (non-hydrogen) atoms. The molecule has 174 valence electrons. The molecule has 1 N–H and O–H groups in total. The molecule has 0 bridgehead atoms. The van der Waals surface area contributed by atoms with Crippen LogP contribution in [0.5, 0.6) is 5.88 Å². The van der Waals surface area contributed by atoms with Crippen molar-refractivity contribution in [1.29, 1.82) is 0 Å². The Labute approximate surface area is 191 Å². The molecule has 2 aromatic carbocycles. The molecule has 1 unspecified atom stereocenters. The van der Waals surface area contributed by atoms with Gasteiger partial charge in [-0.25, -0.2) is 0 Å². The third-order valence-corrected chi connectivity index (χ3v) is 5.28. The Balaban J connectivity index is 1.86. The van der Waals surface area contributed by atoms with Crippen LogP contribution >= 0.6 is 0 Å². The zero-order valence-corrected chi connectivity index (χ0v) is 18.5. The molecule has 0 spiro atoms. The standard InChI is InChI=1S/C25H26F3N3O2/c1-29-24(32)23(19-9-4-3-5-10-19)31(21-11-6-12-22(30-21)33-2)17-7-8-18-13-15-20(16-14-18)25(26,27)28/h3-6,9-16,23H,7-8,17H2,1-2H3,(H,29,32). The molecular weight excluding hydrogens is 431 g/mol. The molecule has 1 heterocycles. The van der Waals surface area contributed by atoms with Crippen LogP contribution in [0.2, 0.25) is 0 Å². The number of benzene rings is 2. The van der Waals surface area contributed by atoms with Crippen LogP contribution < -0.4 is 15.0 Å². The summed E-state index contributed by atoms with van der Waals surface area (Å²) in [7, 11) is 3.10. The quantitative estimate of drug-likeness (QED) is 0.489. The molecule has 3 rings (SSSR count). The van der Waals surface area contributed by atoms with E-state index >= 15 is 0 Å². The van der Waals surface area contributed by atoms with E-state index < -0.39 is 17.8 Å². The summed E-state index contributed by atoms with van der Waals surface area (Å²) < 4.78 is 43.7. The maximum Gasteiger partial charge on any atom is 0.416 e. The Kier molecular flexibility index (Phi) is 7.92. The van der Waals surface area contributed by atoms with Crippen molar-refractivity contribution in [2.24, 2.45) is 0 Å². The van der Waals surface area contributed by atoms with E-state index in [9.17, 15) is 18.0 Å². The highest BCUT2D eigenvalue weighted by Crippen LogP contribution is 2.30. The number of anilines is 1. The van der Waals surface area contributed by atoms with Crippen molar-refractivity contribution < 1.29 is 22.7 Å². The normalized spacial score (nSPS) is 12.2. The summed E-state index contributed by atoms with van der Waals surface area (Å²) in [6, 6.07) is 19.2. The van der Waals surface area contributed by atoms with Gasteiger partial charge in [-0.2, -0.15) is 18.2 Å². The number of carbonyl (C=O) groups is 1. The summed E-state index contributed by atoms with van der Waals surface area (Å²) in [5.41, 5.74) is 0.922. The van der Waals surface area contributed by atoms with Crippen molar-refractivity contribution in [3.8, 4) is 5.88 Å². The van der Waals surface area contributed by atoms with Gasteiger partial charge >= 0.3 is 6.18 Å². The summed E-state index contributed by atoms with van der Waals surface area (Å²) in [5, 5.41) is 2.72. The van der Waals surface area contributed by atoms with Gasteiger partial charge in [-0.05, 0) is 42.2 Å². The molecule has 0 fully saturated rings. The Bertz CT molecular complexity index is 1040. The van der Waals surface area contributed by atoms with Gasteiger partial charge in [0, 0.05) is 19.7 Å². The summed E-state index contributed by atoms with van der Waals surface area (Å²) in [6.45, 7) is 0.453. The predicted octanol–water partition coefficient (Wildman–Crippen LogP) is 5.04. The van der Waals surface area contributed by atoms with Gasteiger partial charge in [-0.1, -0.05) is 48.5 Å². The lowest BCUT2D eigenvalue weighted by atomic mass is 10.0. The van der Waals surface area contributed by atoms with Crippen LogP contribution in [-0.4, -0.2) is 31.6 Å². The molecule has 8 heteroatoms. The summed E-state index contributed by atoms with van der Waals surface area (Å²) in [6.07, 6.45) is -3.21. The smallest absolute Gasteiger partial charge is 0.416 e. The first-order valence-corrected chi connectivity index (χ1v) is 10.5. The van der Waals surface area contributed by atoms with Gasteiger partial charge < -0.3 is 15.0 Å². The van der Waals surface area contributed by atoms with Gasteiger partial charge in [0.15, 0.2) is 0 Å². The van der Waals surface area contributed by atoms with Gasteiger partial charge in [-0.3, -0.25) is 4.79 Å². The molecule has 0 aliphatic heterocycles. The van der Waals surface area contributed by atoms with Crippen LogP contribution in [-0.2, 0) is 17.4 Å². The molecule has 5 nitrogen and oxygen atoms in total. The van der Waals surface area contributed by atoms with Crippen LogP contribution in [0.25, 0.3) is 0 Å². The Hall–Kier alpha value is -3.55. The topological polar surface area (TPSA) is 54.5 Å². The third kappa shape index (κ3) is 6.25. The van der Waals surface area contributed by atoms with Crippen molar-refractivity contribution >= 4 is 11.7 Å². The molecule has 0 aliphatic carbocycles.